The second-order valence-corrected chi connectivity index (χ2v) is 6.80. The van der Waals surface area contributed by atoms with Crippen molar-refractivity contribution >= 4 is 0 Å². The second kappa shape index (κ2) is 7.08. The largest absolute Gasteiger partial charge is 0.573 e. The Labute approximate surface area is 140 Å². The van der Waals surface area contributed by atoms with Crippen LogP contribution in [0.1, 0.15) is 43.2 Å². The first-order valence-electron chi connectivity index (χ1n) is 8.60. The fraction of sp³-hybridized carbons (Fsp3) is 0.579. The van der Waals surface area contributed by atoms with Crippen LogP contribution in [0, 0.1) is 18.8 Å². The summed E-state index contributed by atoms with van der Waals surface area (Å²) in [6, 6.07) is 3.44. The van der Waals surface area contributed by atoms with E-state index in [1.54, 1.807) is 13.0 Å². The van der Waals surface area contributed by atoms with Gasteiger partial charge in [-0.05, 0) is 68.1 Å². The molecule has 0 heterocycles. The van der Waals surface area contributed by atoms with Gasteiger partial charge in [-0.1, -0.05) is 24.6 Å². The van der Waals surface area contributed by atoms with Crippen molar-refractivity contribution in [3.05, 3.63) is 35.4 Å². The van der Waals surface area contributed by atoms with Crippen molar-refractivity contribution in [2.24, 2.45) is 11.8 Å². The zero-order valence-corrected chi connectivity index (χ0v) is 13.9. The summed E-state index contributed by atoms with van der Waals surface area (Å²) < 4.78 is 48.1. The average Bonchev–Trinajstić information content (AvgIpc) is 3.27. The maximum atomic E-state index is 12.8. The number of allylic oxidation sites excluding steroid dienone is 2. The Morgan fingerprint density at radius 3 is 2.50 bits per heavy atom. The molecule has 0 radical (unpaired) electrons. The molecule has 0 unspecified atom stereocenters. The van der Waals surface area contributed by atoms with Crippen LogP contribution in [-0.2, 0) is 6.42 Å². The fourth-order valence-electron chi connectivity index (χ4n) is 2.80. The summed E-state index contributed by atoms with van der Waals surface area (Å²) in [5.74, 6) is 1.09. The van der Waals surface area contributed by atoms with Gasteiger partial charge in [0.25, 0.3) is 0 Å². The van der Waals surface area contributed by atoms with Gasteiger partial charge in [0, 0.05) is 0 Å². The molecule has 3 rings (SSSR count). The zero-order valence-electron chi connectivity index (χ0n) is 13.9. The number of ether oxygens (including phenoxy) is 2. The van der Waals surface area contributed by atoms with Crippen LogP contribution < -0.4 is 9.47 Å². The van der Waals surface area contributed by atoms with Crippen molar-refractivity contribution < 1.29 is 22.6 Å². The predicted molar refractivity (Wildman–Crippen MR) is 86.3 cm³/mol. The predicted octanol–water partition coefficient (Wildman–Crippen LogP) is 5.58. The highest BCUT2D eigenvalue weighted by atomic mass is 19.4. The minimum absolute atomic E-state index is 0.184. The highest BCUT2D eigenvalue weighted by molar-refractivity contribution is 5.50. The number of alkyl halides is 3. The van der Waals surface area contributed by atoms with Gasteiger partial charge in [0.2, 0.25) is 0 Å². The molecule has 1 aromatic rings. The molecule has 5 heteroatoms. The zero-order chi connectivity index (χ0) is 17.2. The van der Waals surface area contributed by atoms with E-state index in [1.807, 2.05) is 12.1 Å². The summed E-state index contributed by atoms with van der Waals surface area (Å²) in [6.07, 6.45) is 5.97. The Morgan fingerprint density at radius 2 is 1.92 bits per heavy atom. The Hall–Kier alpha value is -1.65. The van der Waals surface area contributed by atoms with E-state index in [0.29, 0.717) is 30.4 Å². The summed E-state index contributed by atoms with van der Waals surface area (Å²) in [5, 5.41) is 0. The van der Waals surface area contributed by atoms with Crippen LogP contribution >= 0.6 is 0 Å². The van der Waals surface area contributed by atoms with E-state index in [0.717, 1.165) is 18.4 Å². The number of benzene rings is 1. The third-order valence-corrected chi connectivity index (χ3v) is 4.77. The molecule has 24 heavy (non-hydrogen) atoms. The maximum absolute atomic E-state index is 12.8. The molecule has 2 fully saturated rings. The summed E-state index contributed by atoms with van der Waals surface area (Å²) in [5.41, 5.74) is 1.34. The Morgan fingerprint density at radius 1 is 1.17 bits per heavy atom. The SMILES string of the molecule is Cc1c(C/C=C/C2CCC2)ccc(OCC2CC2)c1OC(F)(F)F. The molecular formula is C19H23F3O2. The van der Waals surface area contributed by atoms with Gasteiger partial charge in [-0.3, -0.25) is 0 Å². The summed E-state index contributed by atoms with van der Waals surface area (Å²) in [4.78, 5) is 0. The van der Waals surface area contributed by atoms with Crippen LogP contribution in [-0.4, -0.2) is 13.0 Å². The van der Waals surface area contributed by atoms with Gasteiger partial charge in [0.1, 0.15) is 0 Å². The van der Waals surface area contributed by atoms with Crippen molar-refractivity contribution in [3.63, 3.8) is 0 Å². The van der Waals surface area contributed by atoms with Crippen LogP contribution in [0.2, 0.25) is 0 Å². The van der Waals surface area contributed by atoms with E-state index in [1.165, 1.54) is 19.3 Å². The molecule has 2 nitrogen and oxygen atoms in total. The molecule has 0 N–H and O–H groups in total. The van der Waals surface area contributed by atoms with Gasteiger partial charge < -0.3 is 9.47 Å². The average molecular weight is 340 g/mol. The smallest absolute Gasteiger partial charge is 0.489 e. The summed E-state index contributed by atoms with van der Waals surface area (Å²) in [7, 11) is 0. The Balaban J connectivity index is 1.75. The third-order valence-electron chi connectivity index (χ3n) is 4.77. The van der Waals surface area contributed by atoms with Crippen molar-refractivity contribution in [1.29, 1.82) is 0 Å². The molecule has 1 aromatic carbocycles. The fourth-order valence-corrected chi connectivity index (χ4v) is 2.80. The monoisotopic (exact) mass is 340 g/mol. The first kappa shape index (κ1) is 17.2. The third kappa shape index (κ3) is 4.68. The van der Waals surface area contributed by atoms with Gasteiger partial charge >= 0.3 is 6.36 Å². The maximum Gasteiger partial charge on any atom is 0.573 e. The van der Waals surface area contributed by atoms with E-state index in [-0.39, 0.29) is 11.5 Å². The standard InChI is InChI=1S/C19H23F3O2/c1-13-16(7-3-6-14-4-2-5-14)10-11-17(23-12-15-8-9-15)18(13)24-19(20,21)22/h3,6,10-11,14-15H,2,4-5,7-9,12H2,1H3/b6-3+. The first-order chi connectivity index (χ1) is 11.4. The molecule has 0 spiro atoms. The van der Waals surface area contributed by atoms with Crippen LogP contribution in [0.5, 0.6) is 11.5 Å². The minimum atomic E-state index is -4.72. The van der Waals surface area contributed by atoms with E-state index in [9.17, 15) is 13.2 Å². The molecule has 132 valence electrons. The lowest BCUT2D eigenvalue weighted by Crippen LogP contribution is -2.19. The number of hydrogen-bond acceptors (Lipinski definition) is 2. The molecule has 2 saturated carbocycles. The molecule has 0 atom stereocenters. The van der Waals surface area contributed by atoms with Gasteiger partial charge in [-0.25, -0.2) is 0 Å². The molecular weight excluding hydrogens is 317 g/mol. The molecule has 0 bridgehead atoms. The van der Waals surface area contributed by atoms with Gasteiger partial charge in [-0.15, -0.1) is 13.2 Å². The van der Waals surface area contributed by atoms with Crippen molar-refractivity contribution in [3.8, 4) is 11.5 Å². The van der Waals surface area contributed by atoms with Gasteiger partial charge in [0.15, 0.2) is 11.5 Å². The number of hydrogen-bond donors (Lipinski definition) is 0. The van der Waals surface area contributed by atoms with Crippen LogP contribution in [0.15, 0.2) is 24.3 Å². The van der Waals surface area contributed by atoms with Crippen LogP contribution in [0.4, 0.5) is 13.2 Å². The van der Waals surface area contributed by atoms with E-state index in [4.69, 9.17) is 4.74 Å². The number of halogens is 3. The van der Waals surface area contributed by atoms with Crippen molar-refractivity contribution in [2.75, 3.05) is 6.61 Å². The second-order valence-electron chi connectivity index (χ2n) is 6.80. The quantitative estimate of drug-likeness (QED) is 0.603. The molecule has 2 aliphatic carbocycles. The normalized spacial score (nSPS) is 18.7. The lowest BCUT2D eigenvalue weighted by Gasteiger charge is -2.21. The van der Waals surface area contributed by atoms with Gasteiger partial charge in [0.05, 0.1) is 6.61 Å². The van der Waals surface area contributed by atoms with E-state index < -0.39 is 6.36 Å². The number of rotatable bonds is 7. The molecule has 2 aliphatic rings. The van der Waals surface area contributed by atoms with E-state index >= 15 is 0 Å². The lowest BCUT2D eigenvalue weighted by atomic mass is 9.85. The molecule has 0 aromatic heterocycles. The Kier molecular flexibility index (Phi) is 5.07. The van der Waals surface area contributed by atoms with Crippen molar-refractivity contribution in [1.82, 2.24) is 0 Å². The molecule has 0 aliphatic heterocycles. The first-order valence-corrected chi connectivity index (χ1v) is 8.60. The highest BCUT2D eigenvalue weighted by Crippen LogP contribution is 2.39. The van der Waals surface area contributed by atoms with Crippen LogP contribution in [0.25, 0.3) is 0 Å². The van der Waals surface area contributed by atoms with Gasteiger partial charge in [-0.2, -0.15) is 0 Å². The minimum Gasteiger partial charge on any atom is -0.489 e. The summed E-state index contributed by atoms with van der Waals surface area (Å²) in [6.45, 7) is 2.12. The highest BCUT2D eigenvalue weighted by Gasteiger charge is 2.34. The molecule has 0 amide bonds. The van der Waals surface area contributed by atoms with E-state index in [2.05, 4.69) is 10.8 Å². The lowest BCUT2D eigenvalue weighted by molar-refractivity contribution is -0.275. The molecule has 0 saturated heterocycles. The van der Waals surface area contributed by atoms with Crippen LogP contribution in [0.3, 0.4) is 0 Å². The summed E-state index contributed by atoms with van der Waals surface area (Å²) >= 11 is 0. The Bertz CT molecular complexity index is 599. The van der Waals surface area contributed by atoms with Crippen molar-refractivity contribution in [2.45, 2.75) is 51.8 Å². The topological polar surface area (TPSA) is 18.5 Å².